The molecule has 0 aliphatic carbocycles. The zero-order valence-corrected chi connectivity index (χ0v) is 23.0. The Bertz CT molecular complexity index is 1620. The van der Waals surface area contributed by atoms with Crippen molar-refractivity contribution in [2.75, 3.05) is 26.7 Å². The van der Waals surface area contributed by atoms with E-state index in [4.69, 9.17) is 11.6 Å². The number of imidazole rings is 1. The van der Waals surface area contributed by atoms with Crippen LogP contribution in [0.5, 0.6) is 0 Å². The van der Waals surface area contributed by atoms with Gasteiger partial charge in [-0.15, -0.1) is 0 Å². The number of carbonyl (C=O) groups excluding carboxylic acids is 2. The van der Waals surface area contributed by atoms with E-state index in [0.29, 0.717) is 70.4 Å². The first-order valence-corrected chi connectivity index (χ1v) is 13.6. The Kier molecular flexibility index (Phi) is 8.18. The molecule has 0 radical (unpaired) electrons. The van der Waals surface area contributed by atoms with Crippen LogP contribution < -0.4 is 5.69 Å². The van der Waals surface area contributed by atoms with Gasteiger partial charge in [0, 0.05) is 49.6 Å². The van der Waals surface area contributed by atoms with Crippen LogP contribution in [0.3, 0.4) is 0 Å². The molecule has 0 spiro atoms. The number of hydrogen-bond donors (Lipinski definition) is 2. The lowest BCUT2D eigenvalue weighted by molar-refractivity contribution is -0.144. The number of nitrogens with one attached hydrogen (secondary N) is 2. The average Bonchev–Trinajstić information content (AvgIpc) is 3.54. The fourth-order valence-corrected chi connectivity index (χ4v) is 5.96. The number of hydrogen-bond acceptors (Lipinski definition) is 6. The molecule has 0 saturated carbocycles. The van der Waals surface area contributed by atoms with Gasteiger partial charge in [-0.3, -0.25) is 24.3 Å². The highest BCUT2D eigenvalue weighted by Crippen LogP contribution is 2.32. The Hall–Kier alpha value is -3.71. The number of aromatic nitrogens is 5. The van der Waals surface area contributed by atoms with Gasteiger partial charge in [0.1, 0.15) is 6.29 Å². The molecule has 1 unspecified atom stereocenters. The molecule has 4 heterocycles. The first-order valence-electron chi connectivity index (χ1n) is 13.2. The first-order chi connectivity index (χ1) is 19.5. The standard InChI is InChI=1S/C27H29ClF3N7O3/c1-36(15-27(29,30)31)13-20-17(11-21(28)24-19(20)12-33-35-24)9-16(14-39)10-23(40)37-7-4-18(5-8-37)38-22-3-2-6-32-25(22)34-26(38)41/h2-3,6,11-12,14,16,18H,4-5,7-10,13,15H2,1H3,(H,33,35)(H,32,34,41). The Morgan fingerprint density at radius 3 is 2.78 bits per heavy atom. The molecule has 1 fully saturated rings. The molecule has 1 atom stereocenters. The molecule has 14 heteroatoms. The zero-order valence-electron chi connectivity index (χ0n) is 22.2. The molecule has 10 nitrogen and oxygen atoms in total. The van der Waals surface area contributed by atoms with Crippen molar-refractivity contribution in [3.63, 3.8) is 0 Å². The number of alkyl halides is 3. The van der Waals surface area contributed by atoms with E-state index in [9.17, 15) is 27.6 Å². The minimum absolute atomic E-state index is 0.0438. The van der Waals surface area contributed by atoms with Crippen molar-refractivity contribution >= 4 is 45.9 Å². The van der Waals surface area contributed by atoms with Gasteiger partial charge in [0.15, 0.2) is 5.65 Å². The monoisotopic (exact) mass is 591 g/mol. The molecule has 1 aliphatic heterocycles. The number of carbonyl (C=O) groups is 2. The van der Waals surface area contributed by atoms with Gasteiger partial charge in [-0.05, 0) is 55.6 Å². The maximum Gasteiger partial charge on any atom is 0.401 e. The summed E-state index contributed by atoms with van der Waals surface area (Å²) in [5.74, 6) is -0.894. The molecule has 41 heavy (non-hydrogen) atoms. The van der Waals surface area contributed by atoms with Gasteiger partial charge in [0.05, 0.1) is 28.8 Å². The van der Waals surface area contributed by atoms with Gasteiger partial charge in [-0.1, -0.05) is 11.6 Å². The number of halogens is 4. The summed E-state index contributed by atoms with van der Waals surface area (Å²) >= 11 is 6.42. The molecule has 5 rings (SSSR count). The van der Waals surface area contributed by atoms with E-state index < -0.39 is 18.6 Å². The highest BCUT2D eigenvalue weighted by atomic mass is 35.5. The third kappa shape index (κ3) is 6.30. The molecule has 1 aromatic carbocycles. The SMILES string of the molecule is CN(Cc1c(CC(C=O)CC(=O)N2CCC(n3c(=O)[nH]c4ncccc43)CC2)cc(Cl)c2[nH]ncc12)CC(F)(F)F. The first kappa shape index (κ1) is 28.8. The predicted molar refractivity (Wildman–Crippen MR) is 147 cm³/mol. The largest absolute Gasteiger partial charge is 0.401 e. The third-order valence-corrected chi connectivity index (χ3v) is 7.85. The molecule has 0 bridgehead atoms. The smallest absolute Gasteiger partial charge is 0.343 e. The molecule has 1 saturated heterocycles. The van der Waals surface area contributed by atoms with Crippen molar-refractivity contribution in [3.05, 3.63) is 57.2 Å². The van der Waals surface area contributed by atoms with E-state index >= 15 is 0 Å². The second-order valence-electron chi connectivity index (χ2n) is 10.5. The second kappa shape index (κ2) is 11.6. The summed E-state index contributed by atoms with van der Waals surface area (Å²) in [4.78, 5) is 47.6. The van der Waals surface area contributed by atoms with Crippen molar-refractivity contribution in [3.8, 4) is 0 Å². The lowest BCUT2D eigenvalue weighted by Crippen LogP contribution is -2.41. The quantitative estimate of drug-likeness (QED) is 0.285. The summed E-state index contributed by atoms with van der Waals surface area (Å²) in [6, 6.07) is 5.13. The van der Waals surface area contributed by atoms with E-state index in [1.54, 1.807) is 27.8 Å². The van der Waals surface area contributed by atoms with E-state index in [1.807, 2.05) is 6.07 Å². The molecule has 1 aliphatic rings. The topological polar surface area (TPSA) is 120 Å². The summed E-state index contributed by atoms with van der Waals surface area (Å²) in [5, 5.41) is 7.66. The number of rotatable bonds is 9. The van der Waals surface area contributed by atoms with Crippen LogP contribution in [-0.2, 0) is 22.6 Å². The lowest BCUT2D eigenvalue weighted by atomic mass is 9.91. The molecule has 3 aromatic heterocycles. The van der Waals surface area contributed by atoms with Crippen LogP contribution >= 0.6 is 11.6 Å². The molecule has 2 N–H and O–H groups in total. The predicted octanol–water partition coefficient (Wildman–Crippen LogP) is 3.86. The summed E-state index contributed by atoms with van der Waals surface area (Å²) in [5.41, 5.74) is 2.65. The summed E-state index contributed by atoms with van der Waals surface area (Å²) in [6.45, 7) is -0.303. The van der Waals surface area contributed by atoms with Crippen LogP contribution in [0.15, 0.2) is 35.4 Å². The number of amides is 1. The minimum Gasteiger partial charge on any atom is -0.343 e. The Morgan fingerprint density at radius 1 is 1.32 bits per heavy atom. The van der Waals surface area contributed by atoms with E-state index in [0.717, 1.165) is 4.90 Å². The molecular formula is C27H29ClF3N7O3. The Morgan fingerprint density at radius 2 is 2.07 bits per heavy atom. The molecular weight excluding hydrogens is 563 g/mol. The number of fused-ring (bicyclic) bond motifs is 2. The van der Waals surface area contributed by atoms with Crippen LogP contribution in [0.25, 0.3) is 22.1 Å². The number of piperidine rings is 1. The van der Waals surface area contributed by atoms with Crippen LogP contribution in [0.1, 0.15) is 36.4 Å². The number of pyridine rings is 1. The van der Waals surface area contributed by atoms with Gasteiger partial charge in [0.2, 0.25) is 5.91 Å². The number of aldehydes is 1. The summed E-state index contributed by atoms with van der Waals surface area (Å²) < 4.78 is 40.7. The van der Waals surface area contributed by atoms with Crippen molar-refractivity contribution in [1.82, 2.24) is 34.5 Å². The molecule has 218 valence electrons. The van der Waals surface area contributed by atoms with Crippen LogP contribution in [0, 0.1) is 5.92 Å². The second-order valence-corrected chi connectivity index (χ2v) is 10.9. The van der Waals surface area contributed by atoms with E-state index in [2.05, 4.69) is 20.2 Å². The van der Waals surface area contributed by atoms with Gasteiger partial charge in [-0.2, -0.15) is 18.3 Å². The van der Waals surface area contributed by atoms with Crippen molar-refractivity contribution in [2.24, 2.45) is 5.92 Å². The lowest BCUT2D eigenvalue weighted by Gasteiger charge is -2.33. The van der Waals surface area contributed by atoms with Crippen molar-refractivity contribution in [1.29, 1.82) is 0 Å². The summed E-state index contributed by atoms with van der Waals surface area (Å²) in [6.07, 6.45) is 0.674. The maximum atomic E-state index is 13.2. The Balaban J connectivity index is 1.27. The fraction of sp³-hybridized carbons (Fsp3) is 0.444. The third-order valence-electron chi connectivity index (χ3n) is 7.55. The van der Waals surface area contributed by atoms with Gasteiger partial charge < -0.3 is 9.69 Å². The van der Waals surface area contributed by atoms with Crippen LogP contribution in [-0.4, -0.2) is 79.6 Å². The summed E-state index contributed by atoms with van der Waals surface area (Å²) in [7, 11) is 1.36. The maximum absolute atomic E-state index is 13.2. The molecule has 4 aromatic rings. The number of likely N-dealkylation sites (tertiary alicyclic amines) is 1. The Labute approximate surface area is 237 Å². The molecule has 1 amide bonds. The zero-order chi connectivity index (χ0) is 29.3. The van der Waals surface area contributed by atoms with Gasteiger partial charge in [0.25, 0.3) is 0 Å². The van der Waals surface area contributed by atoms with Crippen LogP contribution in [0.4, 0.5) is 13.2 Å². The van der Waals surface area contributed by atoms with Gasteiger partial charge in [-0.25, -0.2) is 9.78 Å². The van der Waals surface area contributed by atoms with Crippen LogP contribution in [0.2, 0.25) is 5.02 Å². The van der Waals surface area contributed by atoms with Crippen molar-refractivity contribution in [2.45, 2.75) is 44.4 Å². The number of aromatic amines is 2. The van der Waals surface area contributed by atoms with Crippen molar-refractivity contribution < 1.29 is 22.8 Å². The minimum atomic E-state index is -4.37. The van der Waals surface area contributed by atoms with Gasteiger partial charge >= 0.3 is 11.9 Å². The fourth-order valence-electron chi connectivity index (χ4n) is 5.68. The van der Waals surface area contributed by atoms with E-state index in [-0.39, 0.29) is 37.0 Å². The van der Waals surface area contributed by atoms with E-state index in [1.165, 1.54) is 13.2 Å². The normalized spacial score (nSPS) is 15.7. The number of benzene rings is 1. The highest BCUT2D eigenvalue weighted by Gasteiger charge is 2.31. The average molecular weight is 592 g/mol. The highest BCUT2D eigenvalue weighted by molar-refractivity contribution is 6.35. The number of H-pyrrole nitrogens is 2. The number of nitrogens with zero attached hydrogens (tertiary/aromatic N) is 5.